The van der Waals surface area contributed by atoms with E-state index in [1.54, 1.807) is 6.07 Å². The Morgan fingerprint density at radius 1 is 1.24 bits per heavy atom. The molecular weight excluding hydrogens is 282 g/mol. The van der Waals surface area contributed by atoms with Crippen LogP contribution >= 0.6 is 0 Å². The fraction of sp³-hybridized carbons (Fsp3) is 0.647. The number of hydrogen-bond acceptors (Lipinski definition) is 3. The number of benzene rings is 1. The summed E-state index contributed by atoms with van der Waals surface area (Å²) in [4.78, 5) is 0.506. The first kappa shape index (κ1) is 16.5. The van der Waals surface area contributed by atoms with Gasteiger partial charge in [0.15, 0.2) is 9.84 Å². The molecular formula is C17H27NO2S. The molecule has 1 saturated carbocycles. The van der Waals surface area contributed by atoms with E-state index in [1.165, 1.54) is 12.8 Å². The van der Waals surface area contributed by atoms with Crippen molar-refractivity contribution in [3.63, 3.8) is 0 Å². The van der Waals surface area contributed by atoms with E-state index in [-0.39, 0.29) is 5.75 Å². The van der Waals surface area contributed by atoms with Crippen molar-refractivity contribution < 1.29 is 8.42 Å². The van der Waals surface area contributed by atoms with Crippen LogP contribution in [-0.4, -0.2) is 26.8 Å². The molecule has 3 nitrogen and oxygen atoms in total. The molecule has 2 atom stereocenters. The SMILES string of the molecule is CCNC1CCCC1CCS(=O)(=O)c1ccc(C)cc1C. The predicted molar refractivity (Wildman–Crippen MR) is 87.4 cm³/mol. The van der Waals surface area contributed by atoms with Crippen LogP contribution in [0.1, 0.15) is 43.7 Å². The zero-order valence-corrected chi connectivity index (χ0v) is 14.2. The van der Waals surface area contributed by atoms with E-state index in [4.69, 9.17) is 0 Å². The van der Waals surface area contributed by atoms with Crippen molar-refractivity contribution in [1.82, 2.24) is 5.32 Å². The van der Waals surface area contributed by atoms with Gasteiger partial charge in [0.1, 0.15) is 0 Å². The lowest BCUT2D eigenvalue weighted by atomic mass is 10.0. The molecule has 4 heteroatoms. The van der Waals surface area contributed by atoms with Gasteiger partial charge >= 0.3 is 0 Å². The molecule has 1 aromatic carbocycles. The van der Waals surface area contributed by atoms with E-state index in [0.717, 1.165) is 30.5 Å². The maximum Gasteiger partial charge on any atom is 0.178 e. The van der Waals surface area contributed by atoms with Crippen molar-refractivity contribution in [2.45, 2.75) is 57.4 Å². The van der Waals surface area contributed by atoms with Crippen LogP contribution in [0.3, 0.4) is 0 Å². The highest BCUT2D eigenvalue weighted by Crippen LogP contribution is 2.30. The Morgan fingerprint density at radius 2 is 2.00 bits per heavy atom. The molecule has 0 saturated heterocycles. The molecule has 118 valence electrons. The first-order valence-corrected chi connectivity index (χ1v) is 9.62. The normalized spacial score (nSPS) is 22.6. The second kappa shape index (κ2) is 6.93. The zero-order valence-electron chi connectivity index (χ0n) is 13.4. The minimum atomic E-state index is -3.16. The molecule has 0 amide bonds. The lowest BCUT2D eigenvalue weighted by Crippen LogP contribution is -2.33. The van der Waals surface area contributed by atoms with Crippen LogP contribution in [-0.2, 0) is 9.84 Å². The first-order valence-electron chi connectivity index (χ1n) is 7.97. The van der Waals surface area contributed by atoms with Crippen molar-refractivity contribution in [3.8, 4) is 0 Å². The Labute approximate surface area is 129 Å². The maximum absolute atomic E-state index is 12.6. The molecule has 0 spiro atoms. The quantitative estimate of drug-likeness (QED) is 0.877. The summed E-state index contributed by atoms with van der Waals surface area (Å²) in [5.41, 5.74) is 1.97. The minimum absolute atomic E-state index is 0.267. The highest BCUT2D eigenvalue weighted by Gasteiger charge is 2.28. The van der Waals surface area contributed by atoms with Crippen LogP contribution in [0.15, 0.2) is 23.1 Å². The van der Waals surface area contributed by atoms with E-state index in [9.17, 15) is 8.42 Å². The first-order chi connectivity index (χ1) is 9.94. The van der Waals surface area contributed by atoms with Gasteiger partial charge in [-0.25, -0.2) is 8.42 Å². The molecule has 0 aromatic heterocycles. The molecule has 1 aromatic rings. The minimum Gasteiger partial charge on any atom is -0.314 e. The summed E-state index contributed by atoms with van der Waals surface area (Å²) in [6.45, 7) is 6.95. The largest absolute Gasteiger partial charge is 0.314 e. The molecule has 2 unspecified atom stereocenters. The number of aryl methyl sites for hydroxylation is 2. The van der Waals surface area contributed by atoms with E-state index < -0.39 is 9.84 Å². The number of rotatable bonds is 6. The van der Waals surface area contributed by atoms with Crippen LogP contribution in [0.2, 0.25) is 0 Å². The molecule has 1 fully saturated rings. The van der Waals surface area contributed by atoms with Crippen molar-refractivity contribution in [3.05, 3.63) is 29.3 Å². The summed E-state index contributed by atoms with van der Waals surface area (Å²) in [5.74, 6) is 0.772. The standard InChI is InChI=1S/C17H27NO2S/c1-4-18-16-7-5-6-15(16)10-11-21(19,20)17-9-8-13(2)12-14(17)3/h8-9,12,15-16,18H,4-7,10-11H2,1-3H3. The van der Waals surface area contributed by atoms with Crippen molar-refractivity contribution in [2.24, 2.45) is 5.92 Å². The van der Waals surface area contributed by atoms with Crippen LogP contribution in [0.4, 0.5) is 0 Å². The Morgan fingerprint density at radius 3 is 2.67 bits per heavy atom. The van der Waals surface area contributed by atoms with Gasteiger partial charge in [-0.3, -0.25) is 0 Å². The second-order valence-corrected chi connectivity index (χ2v) is 8.31. The third-order valence-corrected chi connectivity index (χ3v) is 6.45. The molecule has 0 radical (unpaired) electrons. The van der Waals surface area contributed by atoms with E-state index in [1.807, 2.05) is 26.0 Å². The van der Waals surface area contributed by atoms with Crippen molar-refractivity contribution >= 4 is 9.84 Å². The van der Waals surface area contributed by atoms with Gasteiger partial charge in [0.25, 0.3) is 0 Å². The fourth-order valence-electron chi connectivity index (χ4n) is 3.48. The number of nitrogens with one attached hydrogen (secondary N) is 1. The fourth-order valence-corrected chi connectivity index (χ4v) is 5.14. The third kappa shape index (κ3) is 4.07. The Balaban J connectivity index is 2.04. The van der Waals surface area contributed by atoms with E-state index >= 15 is 0 Å². The third-order valence-electron chi connectivity index (χ3n) is 4.55. The van der Waals surface area contributed by atoms with Gasteiger partial charge in [0, 0.05) is 6.04 Å². The van der Waals surface area contributed by atoms with Gasteiger partial charge < -0.3 is 5.32 Å². The Bertz CT molecular complexity index is 580. The zero-order chi connectivity index (χ0) is 15.5. The van der Waals surface area contributed by atoms with E-state index in [0.29, 0.717) is 16.9 Å². The monoisotopic (exact) mass is 309 g/mol. The summed E-state index contributed by atoms with van der Waals surface area (Å²) in [6, 6.07) is 6.10. The molecule has 21 heavy (non-hydrogen) atoms. The molecule has 0 aliphatic heterocycles. The average Bonchev–Trinajstić information content (AvgIpc) is 2.84. The van der Waals surface area contributed by atoms with Crippen molar-refractivity contribution in [2.75, 3.05) is 12.3 Å². The number of sulfone groups is 1. The van der Waals surface area contributed by atoms with Crippen molar-refractivity contribution in [1.29, 1.82) is 0 Å². The molecule has 0 heterocycles. The second-order valence-electron chi connectivity index (χ2n) is 6.23. The topological polar surface area (TPSA) is 46.2 Å². The highest BCUT2D eigenvalue weighted by atomic mass is 32.2. The summed E-state index contributed by atoms with van der Waals surface area (Å²) < 4.78 is 25.1. The highest BCUT2D eigenvalue weighted by molar-refractivity contribution is 7.91. The van der Waals surface area contributed by atoms with Gasteiger partial charge in [-0.05, 0) is 57.2 Å². The lowest BCUT2D eigenvalue weighted by Gasteiger charge is -2.20. The van der Waals surface area contributed by atoms with Gasteiger partial charge in [-0.2, -0.15) is 0 Å². The lowest BCUT2D eigenvalue weighted by molar-refractivity contribution is 0.398. The molecule has 0 bridgehead atoms. The van der Waals surface area contributed by atoms with Gasteiger partial charge in [-0.15, -0.1) is 0 Å². The van der Waals surface area contributed by atoms with Gasteiger partial charge in [-0.1, -0.05) is 31.0 Å². The van der Waals surface area contributed by atoms with Gasteiger partial charge in [0.2, 0.25) is 0 Å². The molecule has 2 rings (SSSR count). The molecule has 1 aliphatic carbocycles. The smallest absolute Gasteiger partial charge is 0.178 e. The van der Waals surface area contributed by atoms with E-state index in [2.05, 4.69) is 12.2 Å². The summed E-state index contributed by atoms with van der Waals surface area (Å²) in [5, 5.41) is 3.49. The van der Waals surface area contributed by atoms with Crippen LogP contribution in [0.5, 0.6) is 0 Å². The van der Waals surface area contributed by atoms with Crippen LogP contribution in [0.25, 0.3) is 0 Å². The predicted octanol–water partition coefficient (Wildman–Crippen LogP) is 3.25. The van der Waals surface area contributed by atoms with Gasteiger partial charge in [0.05, 0.1) is 10.6 Å². The van der Waals surface area contributed by atoms with Crippen LogP contribution in [0, 0.1) is 19.8 Å². The molecule has 1 aliphatic rings. The van der Waals surface area contributed by atoms with Crippen LogP contribution < -0.4 is 5.32 Å². The summed E-state index contributed by atoms with van der Waals surface area (Å²) in [6.07, 6.45) is 4.32. The summed E-state index contributed by atoms with van der Waals surface area (Å²) in [7, 11) is -3.16. The number of hydrogen-bond donors (Lipinski definition) is 1. The Kier molecular flexibility index (Phi) is 5.44. The summed E-state index contributed by atoms with van der Waals surface area (Å²) >= 11 is 0. The Hall–Kier alpha value is -0.870. The molecule has 1 N–H and O–H groups in total. The average molecular weight is 309 g/mol. The maximum atomic E-state index is 12.6.